The molecule has 1 N–H and O–H groups in total. The zero-order valence-electron chi connectivity index (χ0n) is 22.3. The Kier molecular flexibility index (Phi) is 6.89. The number of carbonyl (C=O) groups is 2. The molecule has 38 heavy (non-hydrogen) atoms. The van der Waals surface area contributed by atoms with Crippen molar-refractivity contribution in [1.29, 1.82) is 0 Å². The third kappa shape index (κ3) is 5.39. The number of fused-ring (bicyclic) bond motifs is 1. The SMILES string of the molecule is CC(=O)c1cnc(N[C@H]2CCCN(C(=O)OC(C)(C)C)C2)nc1-c1cn(-c2ccccc2)c2ccccc12. The fourth-order valence-corrected chi connectivity index (χ4v) is 4.85. The second-order valence-electron chi connectivity index (χ2n) is 10.7. The lowest BCUT2D eigenvalue weighted by atomic mass is 10.0. The third-order valence-corrected chi connectivity index (χ3v) is 6.58. The van der Waals surface area contributed by atoms with Gasteiger partial charge in [-0.05, 0) is 58.7 Å². The van der Waals surface area contributed by atoms with Crippen LogP contribution in [0, 0.1) is 0 Å². The largest absolute Gasteiger partial charge is 0.444 e. The van der Waals surface area contributed by atoms with Gasteiger partial charge in [-0.3, -0.25) is 4.79 Å². The van der Waals surface area contributed by atoms with Gasteiger partial charge in [-0.15, -0.1) is 0 Å². The number of rotatable bonds is 5. The van der Waals surface area contributed by atoms with E-state index in [-0.39, 0.29) is 17.9 Å². The number of amides is 1. The van der Waals surface area contributed by atoms with Gasteiger partial charge in [-0.2, -0.15) is 0 Å². The molecule has 3 heterocycles. The summed E-state index contributed by atoms with van der Waals surface area (Å²) in [5.74, 6) is 0.328. The fourth-order valence-electron chi connectivity index (χ4n) is 4.85. The smallest absolute Gasteiger partial charge is 0.410 e. The van der Waals surface area contributed by atoms with E-state index in [1.807, 2.05) is 63.4 Å². The highest BCUT2D eigenvalue weighted by Gasteiger charge is 2.28. The van der Waals surface area contributed by atoms with Crippen LogP contribution < -0.4 is 5.32 Å². The lowest BCUT2D eigenvalue weighted by Gasteiger charge is -2.34. The molecule has 196 valence electrons. The van der Waals surface area contributed by atoms with E-state index >= 15 is 0 Å². The molecule has 5 rings (SSSR count). The van der Waals surface area contributed by atoms with E-state index < -0.39 is 5.60 Å². The molecule has 0 unspecified atom stereocenters. The molecule has 0 saturated carbocycles. The first kappa shape index (κ1) is 25.4. The Bertz CT molecular complexity index is 1470. The van der Waals surface area contributed by atoms with E-state index in [0.717, 1.165) is 35.0 Å². The molecule has 8 nitrogen and oxygen atoms in total. The van der Waals surface area contributed by atoms with Gasteiger partial charge in [0.25, 0.3) is 0 Å². The number of piperidine rings is 1. The highest BCUT2D eigenvalue weighted by Crippen LogP contribution is 2.34. The van der Waals surface area contributed by atoms with Gasteiger partial charge in [0, 0.05) is 48.2 Å². The van der Waals surface area contributed by atoms with Crippen molar-refractivity contribution in [2.45, 2.75) is 52.2 Å². The Balaban J connectivity index is 1.48. The molecule has 1 atom stereocenters. The van der Waals surface area contributed by atoms with Gasteiger partial charge in [-0.1, -0.05) is 36.4 Å². The number of nitrogens with one attached hydrogen (secondary N) is 1. The van der Waals surface area contributed by atoms with Gasteiger partial charge >= 0.3 is 6.09 Å². The van der Waals surface area contributed by atoms with Crippen LogP contribution in [0.4, 0.5) is 10.7 Å². The van der Waals surface area contributed by atoms with Crippen molar-refractivity contribution in [2.24, 2.45) is 0 Å². The molecule has 1 amide bonds. The summed E-state index contributed by atoms with van der Waals surface area (Å²) in [6, 6.07) is 18.2. The highest BCUT2D eigenvalue weighted by molar-refractivity contribution is 6.05. The molecule has 1 fully saturated rings. The predicted octanol–water partition coefficient (Wildman–Crippen LogP) is 6.10. The summed E-state index contributed by atoms with van der Waals surface area (Å²) < 4.78 is 7.68. The number of para-hydroxylation sites is 2. The van der Waals surface area contributed by atoms with E-state index in [1.54, 1.807) is 11.1 Å². The summed E-state index contributed by atoms with van der Waals surface area (Å²) in [6.07, 6.45) is 5.03. The highest BCUT2D eigenvalue weighted by atomic mass is 16.6. The molecule has 0 radical (unpaired) electrons. The van der Waals surface area contributed by atoms with Crippen molar-refractivity contribution in [3.63, 3.8) is 0 Å². The van der Waals surface area contributed by atoms with E-state index in [0.29, 0.717) is 30.3 Å². The summed E-state index contributed by atoms with van der Waals surface area (Å²) >= 11 is 0. The van der Waals surface area contributed by atoms with E-state index in [2.05, 4.69) is 33.1 Å². The molecule has 0 aliphatic carbocycles. The number of carbonyl (C=O) groups excluding carboxylic acids is 2. The normalized spacial score (nSPS) is 15.9. The third-order valence-electron chi connectivity index (χ3n) is 6.58. The number of ether oxygens (including phenoxy) is 1. The predicted molar refractivity (Wildman–Crippen MR) is 149 cm³/mol. The van der Waals surface area contributed by atoms with Crippen molar-refractivity contribution in [1.82, 2.24) is 19.4 Å². The Morgan fingerprint density at radius 2 is 1.79 bits per heavy atom. The Morgan fingerprint density at radius 3 is 2.53 bits per heavy atom. The second-order valence-corrected chi connectivity index (χ2v) is 10.7. The van der Waals surface area contributed by atoms with Crippen molar-refractivity contribution in [3.8, 4) is 16.9 Å². The zero-order valence-corrected chi connectivity index (χ0v) is 22.3. The molecule has 0 bridgehead atoms. The fraction of sp³-hybridized carbons (Fsp3) is 0.333. The number of hydrogen-bond acceptors (Lipinski definition) is 6. The summed E-state index contributed by atoms with van der Waals surface area (Å²) in [4.78, 5) is 36.3. The molecule has 2 aromatic heterocycles. The minimum absolute atomic E-state index is 0.0297. The maximum absolute atomic E-state index is 12.6. The van der Waals surface area contributed by atoms with Gasteiger partial charge < -0.3 is 19.5 Å². The molecule has 2 aromatic carbocycles. The van der Waals surface area contributed by atoms with Gasteiger partial charge in [0.1, 0.15) is 5.60 Å². The monoisotopic (exact) mass is 511 g/mol. The minimum atomic E-state index is -0.545. The average molecular weight is 512 g/mol. The molecular formula is C30H33N5O3. The molecule has 1 aliphatic rings. The quantitative estimate of drug-likeness (QED) is 0.326. The molecular weight excluding hydrogens is 478 g/mol. The Morgan fingerprint density at radius 1 is 1.05 bits per heavy atom. The first-order valence-corrected chi connectivity index (χ1v) is 13.0. The van der Waals surface area contributed by atoms with Crippen LogP contribution in [0.1, 0.15) is 50.9 Å². The Hall–Kier alpha value is -4.20. The first-order chi connectivity index (χ1) is 18.2. The summed E-state index contributed by atoms with van der Waals surface area (Å²) in [7, 11) is 0. The lowest BCUT2D eigenvalue weighted by Crippen LogP contribution is -2.47. The van der Waals surface area contributed by atoms with Crippen LogP contribution in [0.25, 0.3) is 27.8 Å². The van der Waals surface area contributed by atoms with Gasteiger partial charge in [0.2, 0.25) is 5.95 Å². The van der Waals surface area contributed by atoms with Crippen LogP contribution in [-0.4, -0.2) is 56.0 Å². The number of ketones is 1. The summed E-state index contributed by atoms with van der Waals surface area (Å²) in [5, 5.41) is 4.40. The average Bonchev–Trinajstić information content (AvgIpc) is 3.28. The Labute approximate surface area is 222 Å². The second kappa shape index (κ2) is 10.3. The number of likely N-dealkylation sites (tertiary alicyclic amines) is 1. The first-order valence-electron chi connectivity index (χ1n) is 13.0. The van der Waals surface area contributed by atoms with Gasteiger partial charge in [0.05, 0.1) is 16.8 Å². The summed E-state index contributed by atoms with van der Waals surface area (Å²) in [5.41, 5.74) is 3.41. The van der Waals surface area contributed by atoms with Crippen molar-refractivity contribution in [2.75, 3.05) is 18.4 Å². The van der Waals surface area contributed by atoms with Gasteiger partial charge in [0.15, 0.2) is 5.78 Å². The molecule has 8 heteroatoms. The number of aromatic nitrogens is 3. The van der Waals surface area contributed by atoms with Crippen LogP contribution in [0.5, 0.6) is 0 Å². The maximum atomic E-state index is 12.6. The van der Waals surface area contributed by atoms with Gasteiger partial charge in [-0.25, -0.2) is 14.8 Å². The van der Waals surface area contributed by atoms with Crippen molar-refractivity contribution in [3.05, 3.63) is 72.6 Å². The number of nitrogens with zero attached hydrogens (tertiary/aromatic N) is 4. The lowest BCUT2D eigenvalue weighted by molar-refractivity contribution is 0.0206. The number of hydrogen-bond donors (Lipinski definition) is 1. The standard InChI is InChI=1S/C30H33N5O3/c1-20(36)24-17-31-28(32-21-11-10-16-34(18-21)29(37)38-30(2,3)4)33-27(24)25-19-35(22-12-6-5-7-13-22)26-15-9-8-14-23(25)26/h5-9,12-15,17,19,21H,10-11,16,18H2,1-4H3,(H,31,32,33)/t21-/m0/s1. The maximum Gasteiger partial charge on any atom is 0.410 e. The molecule has 1 aliphatic heterocycles. The van der Waals surface area contributed by atoms with Crippen LogP contribution in [0.2, 0.25) is 0 Å². The number of Topliss-reactive ketones (excluding diaryl/α,β-unsaturated/α-hetero) is 1. The summed E-state index contributed by atoms with van der Waals surface area (Å²) in [6.45, 7) is 8.28. The van der Waals surface area contributed by atoms with Crippen LogP contribution in [-0.2, 0) is 4.74 Å². The molecule has 4 aromatic rings. The van der Waals surface area contributed by atoms with E-state index in [1.165, 1.54) is 6.92 Å². The van der Waals surface area contributed by atoms with Crippen LogP contribution >= 0.6 is 0 Å². The van der Waals surface area contributed by atoms with Crippen molar-refractivity contribution >= 4 is 28.7 Å². The number of benzene rings is 2. The van der Waals surface area contributed by atoms with Crippen LogP contribution in [0.15, 0.2) is 67.0 Å². The number of anilines is 1. The van der Waals surface area contributed by atoms with Crippen LogP contribution in [0.3, 0.4) is 0 Å². The topological polar surface area (TPSA) is 89.3 Å². The van der Waals surface area contributed by atoms with E-state index in [4.69, 9.17) is 9.72 Å². The van der Waals surface area contributed by atoms with Crippen molar-refractivity contribution < 1.29 is 14.3 Å². The zero-order chi connectivity index (χ0) is 26.9. The van der Waals surface area contributed by atoms with E-state index in [9.17, 15) is 9.59 Å². The molecule has 0 spiro atoms. The minimum Gasteiger partial charge on any atom is -0.444 e. The molecule has 1 saturated heterocycles.